The lowest BCUT2D eigenvalue weighted by atomic mass is 9.93. The molecule has 0 aliphatic carbocycles. The Kier molecular flexibility index (Phi) is 6.26. The van der Waals surface area contributed by atoms with Gasteiger partial charge in [-0.05, 0) is 47.5 Å². The van der Waals surface area contributed by atoms with Gasteiger partial charge in [-0.1, -0.05) is 24.3 Å². The highest BCUT2D eigenvalue weighted by molar-refractivity contribution is 6.14. The Balaban J connectivity index is 0.00000243. The number of aromatic hydroxyl groups is 2. The standard InChI is InChI=1S/C21H21NO3.HI/c1-22(2)13-17(11-15-3-7-19(23)8-4-15)21(25)18(14-22)12-16-5-9-20(24)10-6-16;/h3-12H,13-14H2,1-2H3,(H-,23,24,25);1H. The van der Waals surface area contributed by atoms with E-state index in [1.807, 2.05) is 12.2 Å². The SMILES string of the molecule is C[N+]1(C)C/C(=C/c2ccc(O)cc2)C(=O)/C(=C/c2ccc(O)cc2)C1.[I-]. The third kappa shape index (κ3) is 4.95. The molecule has 0 radical (unpaired) electrons. The number of rotatable bonds is 2. The van der Waals surface area contributed by atoms with Crippen molar-refractivity contribution in [3.8, 4) is 11.5 Å². The number of carbonyl (C=O) groups excluding carboxylic acids is 1. The van der Waals surface area contributed by atoms with Crippen LogP contribution in [0.3, 0.4) is 0 Å². The van der Waals surface area contributed by atoms with Crippen LogP contribution in [-0.2, 0) is 4.79 Å². The Labute approximate surface area is 170 Å². The molecular formula is C21H22INO3. The van der Waals surface area contributed by atoms with Gasteiger partial charge < -0.3 is 38.7 Å². The minimum atomic E-state index is 0. The summed E-state index contributed by atoms with van der Waals surface area (Å²) < 4.78 is 0.694. The molecule has 3 rings (SSSR count). The fraction of sp³-hybridized carbons (Fsp3) is 0.190. The number of hydrogen-bond donors (Lipinski definition) is 2. The molecule has 2 aromatic carbocycles. The maximum atomic E-state index is 12.9. The van der Waals surface area contributed by atoms with Crippen LogP contribution in [0.2, 0.25) is 0 Å². The molecule has 2 aromatic rings. The monoisotopic (exact) mass is 463 g/mol. The summed E-state index contributed by atoms with van der Waals surface area (Å²) in [6.45, 7) is 1.32. The van der Waals surface area contributed by atoms with Crippen molar-refractivity contribution >= 4 is 17.9 Å². The van der Waals surface area contributed by atoms with Gasteiger partial charge in [0, 0.05) is 0 Å². The van der Waals surface area contributed by atoms with Gasteiger partial charge in [0.05, 0.1) is 25.2 Å². The Morgan fingerprint density at radius 2 is 1.12 bits per heavy atom. The highest BCUT2D eigenvalue weighted by Gasteiger charge is 2.33. The summed E-state index contributed by atoms with van der Waals surface area (Å²) in [5.74, 6) is 0.473. The molecule has 1 aliphatic heterocycles. The molecule has 0 aromatic heterocycles. The van der Waals surface area contributed by atoms with Gasteiger partial charge in [-0.15, -0.1) is 0 Å². The lowest BCUT2D eigenvalue weighted by molar-refractivity contribution is -0.881. The van der Waals surface area contributed by atoms with Crippen LogP contribution in [0, 0.1) is 0 Å². The van der Waals surface area contributed by atoms with Crippen LogP contribution in [0.4, 0.5) is 0 Å². The second-order valence-corrected chi connectivity index (χ2v) is 7.10. The second-order valence-electron chi connectivity index (χ2n) is 7.10. The number of carbonyl (C=O) groups is 1. The minimum Gasteiger partial charge on any atom is -1.00 e. The fourth-order valence-electron chi connectivity index (χ4n) is 3.09. The molecule has 0 unspecified atom stereocenters. The molecule has 1 fully saturated rings. The molecule has 0 atom stereocenters. The third-order valence-electron chi connectivity index (χ3n) is 4.25. The fourth-order valence-corrected chi connectivity index (χ4v) is 3.09. The largest absolute Gasteiger partial charge is 1.00 e. The number of quaternary nitrogens is 1. The zero-order chi connectivity index (χ0) is 18.0. The van der Waals surface area contributed by atoms with Gasteiger partial charge in [0.15, 0.2) is 5.78 Å². The van der Waals surface area contributed by atoms with Crippen molar-refractivity contribution in [1.82, 2.24) is 0 Å². The van der Waals surface area contributed by atoms with Crippen LogP contribution in [0.5, 0.6) is 11.5 Å². The zero-order valence-electron chi connectivity index (χ0n) is 14.8. The summed E-state index contributed by atoms with van der Waals surface area (Å²) in [5.41, 5.74) is 3.30. The summed E-state index contributed by atoms with van der Waals surface area (Å²) >= 11 is 0. The molecule has 0 saturated carbocycles. The molecule has 0 bridgehead atoms. The molecule has 136 valence electrons. The molecule has 0 spiro atoms. The summed E-state index contributed by atoms with van der Waals surface area (Å²) in [6.07, 6.45) is 3.79. The van der Waals surface area contributed by atoms with Crippen LogP contribution in [-0.4, -0.2) is 47.7 Å². The molecular weight excluding hydrogens is 441 g/mol. The first-order valence-corrected chi connectivity index (χ1v) is 8.18. The van der Waals surface area contributed by atoms with Gasteiger partial charge in [-0.2, -0.15) is 0 Å². The minimum absolute atomic E-state index is 0. The van der Waals surface area contributed by atoms with Crippen molar-refractivity contribution in [2.75, 3.05) is 27.2 Å². The highest BCUT2D eigenvalue weighted by atomic mass is 127. The molecule has 4 nitrogen and oxygen atoms in total. The summed E-state index contributed by atoms with van der Waals surface area (Å²) in [5, 5.41) is 18.8. The molecule has 26 heavy (non-hydrogen) atoms. The first-order chi connectivity index (χ1) is 11.8. The first kappa shape index (κ1) is 20.2. The van der Waals surface area contributed by atoms with E-state index in [0.717, 1.165) is 22.3 Å². The van der Waals surface area contributed by atoms with Crippen LogP contribution in [0.15, 0.2) is 59.7 Å². The molecule has 1 saturated heterocycles. The van der Waals surface area contributed by atoms with Gasteiger partial charge in [0.2, 0.25) is 0 Å². The zero-order valence-corrected chi connectivity index (χ0v) is 17.0. The number of likely N-dealkylation sites (N-methyl/N-ethyl adjacent to an activating group) is 1. The quantitative estimate of drug-likeness (QED) is 0.381. The van der Waals surface area contributed by atoms with Gasteiger partial charge in [-0.3, -0.25) is 4.79 Å². The van der Waals surface area contributed by atoms with E-state index in [0.29, 0.717) is 17.6 Å². The summed E-state index contributed by atoms with van der Waals surface area (Å²) in [6, 6.07) is 13.7. The van der Waals surface area contributed by atoms with Crippen molar-refractivity contribution in [2.24, 2.45) is 0 Å². The maximum Gasteiger partial charge on any atom is 0.196 e. The van der Waals surface area contributed by atoms with Gasteiger partial charge in [-0.25, -0.2) is 0 Å². The van der Waals surface area contributed by atoms with Crippen LogP contribution in [0.1, 0.15) is 11.1 Å². The number of benzene rings is 2. The molecule has 1 aliphatic rings. The van der Waals surface area contributed by atoms with Crippen molar-refractivity contribution in [2.45, 2.75) is 0 Å². The lowest BCUT2D eigenvalue weighted by Gasteiger charge is -2.35. The van der Waals surface area contributed by atoms with E-state index in [9.17, 15) is 15.0 Å². The average molecular weight is 463 g/mol. The number of piperidine rings is 1. The van der Waals surface area contributed by atoms with E-state index in [-0.39, 0.29) is 41.3 Å². The number of nitrogens with zero attached hydrogens (tertiary/aromatic N) is 1. The highest BCUT2D eigenvalue weighted by Crippen LogP contribution is 2.25. The van der Waals surface area contributed by atoms with Crippen LogP contribution >= 0.6 is 0 Å². The van der Waals surface area contributed by atoms with Crippen LogP contribution in [0.25, 0.3) is 12.2 Å². The molecule has 2 N–H and O–H groups in total. The van der Waals surface area contributed by atoms with E-state index >= 15 is 0 Å². The first-order valence-electron chi connectivity index (χ1n) is 8.18. The Morgan fingerprint density at radius 3 is 1.46 bits per heavy atom. The molecule has 5 heteroatoms. The Bertz CT molecular complexity index is 780. The Hall–Kier alpha value is -2.12. The van der Waals surface area contributed by atoms with Crippen molar-refractivity contribution < 1.29 is 43.5 Å². The van der Waals surface area contributed by atoms with Gasteiger partial charge in [0.25, 0.3) is 0 Å². The predicted octanol–water partition coefficient (Wildman–Crippen LogP) is 0.228. The lowest BCUT2D eigenvalue weighted by Crippen LogP contribution is -3.00. The Morgan fingerprint density at radius 1 is 0.769 bits per heavy atom. The van der Waals surface area contributed by atoms with Gasteiger partial charge >= 0.3 is 0 Å². The van der Waals surface area contributed by atoms with Crippen molar-refractivity contribution in [3.63, 3.8) is 0 Å². The number of Topliss-reactive ketones (excluding diaryl/α,β-unsaturated/α-hetero) is 1. The maximum absolute atomic E-state index is 12.9. The second kappa shape index (κ2) is 8.05. The van der Waals surface area contributed by atoms with Crippen molar-refractivity contribution in [1.29, 1.82) is 0 Å². The number of hydrogen-bond acceptors (Lipinski definition) is 3. The number of phenols is 2. The number of likely N-dealkylation sites (tertiary alicyclic amines) is 1. The van der Waals surface area contributed by atoms with E-state index < -0.39 is 0 Å². The average Bonchev–Trinajstić information content (AvgIpc) is 2.55. The van der Waals surface area contributed by atoms with E-state index in [4.69, 9.17) is 0 Å². The summed E-state index contributed by atoms with van der Waals surface area (Å²) in [4.78, 5) is 12.9. The van der Waals surface area contributed by atoms with E-state index in [1.165, 1.54) is 0 Å². The predicted molar refractivity (Wildman–Crippen MR) is 99.0 cm³/mol. The molecule has 0 amide bonds. The van der Waals surface area contributed by atoms with Gasteiger partial charge in [0.1, 0.15) is 24.6 Å². The topological polar surface area (TPSA) is 57.5 Å². The number of halogens is 1. The normalized spacial score (nSPS) is 19.4. The van der Waals surface area contributed by atoms with Crippen molar-refractivity contribution in [3.05, 3.63) is 70.8 Å². The van der Waals surface area contributed by atoms with E-state index in [2.05, 4.69) is 14.1 Å². The van der Waals surface area contributed by atoms with Crippen LogP contribution < -0.4 is 24.0 Å². The molecule has 1 heterocycles. The summed E-state index contributed by atoms with van der Waals surface area (Å²) in [7, 11) is 4.20. The van der Waals surface area contributed by atoms with E-state index in [1.54, 1.807) is 48.5 Å². The number of phenolic OH excluding ortho intramolecular Hbond substituents is 2. The smallest absolute Gasteiger partial charge is 0.196 e. The third-order valence-corrected chi connectivity index (χ3v) is 4.25. The number of ketones is 1.